The van der Waals surface area contributed by atoms with Crippen molar-refractivity contribution in [1.29, 1.82) is 0 Å². The molecule has 0 saturated heterocycles. The Hall–Kier alpha value is -0.610. The zero-order valence-corrected chi connectivity index (χ0v) is 25.3. The molecule has 4 heteroatoms. The van der Waals surface area contributed by atoms with Gasteiger partial charge >= 0.3 is 0 Å². The van der Waals surface area contributed by atoms with Gasteiger partial charge in [0.05, 0.1) is 18.8 Å². The van der Waals surface area contributed by atoms with E-state index in [1.165, 1.54) is 135 Å². The molecule has 0 rings (SSSR count). The first kappa shape index (κ1) is 36.4. The van der Waals surface area contributed by atoms with Gasteiger partial charge in [0.1, 0.15) is 0 Å². The van der Waals surface area contributed by atoms with Gasteiger partial charge in [0.15, 0.2) is 0 Å². The molecule has 0 aliphatic carbocycles. The highest BCUT2D eigenvalue weighted by atomic mass is 16.3. The van der Waals surface area contributed by atoms with Crippen molar-refractivity contribution < 1.29 is 15.0 Å². The molecule has 0 fully saturated rings. The molecule has 0 bridgehead atoms. The summed E-state index contributed by atoms with van der Waals surface area (Å²) in [6, 6.07) is -0.526. The van der Waals surface area contributed by atoms with E-state index in [0.29, 0.717) is 12.8 Å². The number of aliphatic hydroxyl groups is 2. The molecule has 0 radical (unpaired) electrons. The molecule has 1 amide bonds. The van der Waals surface area contributed by atoms with Crippen LogP contribution in [0.5, 0.6) is 0 Å². The maximum Gasteiger partial charge on any atom is 0.220 e. The first-order chi connectivity index (χ1) is 18.2. The molecule has 37 heavy (non-hydrogen) atoms. The van der Waals surface area contributed by atoms with Gasteiger partial charge in [0.2, 0.25) is 5.91 Å². The van der Waals surface area contributed by atoms with Crippen molar-refractivity contribution in [3.63, 3.8) is 0 Å². The maximum atomic E-state index is 12.2. The molecule has 0 aromatic heterocycles. The van der Waals surface area contributed by atoms with Crippen LogP contribution in [0.3, 0.4) is 0 Å². The smallest absolute Gasteiger partial charge is 0.220 e. The van der Waals surface area contributed by atoms with Gasteiger partial charge in [-0.15, -0.1) is 0 Å². The van der Waals surface area contributed by atoms with Crippen molar-refractivity contribution in [2.24, 2.45) is 0 Å². The van der Waals surface area contributed by atoms with Gasteiger partial charge < -0.3 is 15.5 Å². The van der Waals surface area contributed by atoms with E-state index in [1.807, 2.05) is 0 Å². The summed E-state index contributed by atoms with van der Waals surface area (Å²) in [6.07, 6.45) is 32.9. The second kappa shape index (κ2) is 29.9. The van der Waals surface area contributed by atoms with Crippen molar-refractivity contribution in [3.05, 3.63) is 0 Å². The summed E-state index contributed by atoms with van der Waals surface area (Å²) in [6.45, 7) is 4.34. The van der Waals surface area contributed by atoms with Gasteiger partial charge in [0, 0.05) is 6.42 Å². The van der Waals surface area contributed by atoms with E-state index in [9.17, 15) is 15.0 Å². The number of carbonyl (C=O) groups excluding carboxylic acids is 1. The van der Waals surface area contributed by atoms with Crippen LogP contribution >= 0.6 is 0 Å². The number of aliphatic hydroxyl groups excluding tert-OH is 2. The predicted molar refractivity (Wildman–Crippen MR) is 161 cm³/mol. The van der Waals surface area contributed by atoms with E-state index in [2.05, 4.69) is 19.2 Å². The van der Waals surface area contributed by atoms with E-state index >= 15 is 0 Å². The lowest BCUT2D eigenvalue weighted by molar-refractivity contribution is -0.123. The Balaban J connectivity index is 3.55. The number of nitrogens with one attached hydrogen (secondary N) is 1. The second-order valence-corrected chi connectivity index (χ2v) is 11.6. The van der Waals surface area contributed by atoms with Crippen LogP contribution in [-0.4, -0.2) is 34.9 Å². The van der Waals surface area contributed by atoms with E-state index in [0.717, 1.165) is 25.7 Å². The Morgan fingerprint density at radius 3 is 1.22 bits per heavy atom. The molecule has 0 saturated carbocycles. The fraction of sp³-hybridized carbons (Fsp3) is 0.970. The molecule has 2 atom stereocenters. The number of amides is 1. The molecular weight excluding hydrogens is 458 g/mol. The number of hydrogen-bond donors (Lipinski definition) is 3. The molecule has 0 aliphatic heterocycles. The third kappa shape index (κ3) is 26.8. The number of unbranched alkanes of at least 4 members (excludes halogenated alkanes) is 23. The molecule has 0 heterocycles. The van der Waals surface area contributed by atoms with Crippen LogP contribution < -0.4 is 5.32 Å². The van der Waals surface area contributed by atoms with Gasteiger partial charge in [-0.2, -0.15) is 0 Å². The highest BCUT2D eigenvalue weighted by Gasteiger charge is 2.19. The summed E-state index contributed by atoms with van der Waals surface area (Å²) in [4.78, 5) is 12.2. The Morgan fingerprint density at radius 1 is 0.541 bits per heavy atom. The molecular formula is C33H67NO3. The van der Waals surface area contributed by atoms with Crippen LogP contribution in [0.15, 0.2) is 0 Å². The van der Waals surface area contributed by atoms with Crippen LogP contribution in [0.2, 0.25) is 0 Å². The normalized spacial score (nSPS) is 13.1. The minimum atomic E-state index is -0.649. The summed E-state index contributed by atoms with van der Waals surface area (Å²) in [5, 5.41) is 22.9. The van der Waals surface area contributed by atoms with Crippen molar-refractivity contribution in [2.45, 2.75) is 199 Å². The molecule has 0 aromatic carbocycles. The molecule has 2 unspecified atom stereocenters. The monoisotopic (exact) mass is 526 g/mol. The predicted octanol–water partition coefficient (Wildman–Crippen LogP) is 9.40. The Kier molecular flexibility index (Phi) is 29.4. The lowest BCUT2D eigenvalue weighted by atomic mass is 10.0. The molecule has 0 aromatic rings. The van der Waals surface area contributed by atoms with Gasteiger partial charge in [-0.3, -0.25) is 4.79 Å². The zero-order valence-electron chi connectivity index (χ0n) is 25.3. The van der Waals surface area contributed by atoms with Crippen LogP contribution in [-0.2, 0) is 4.79 Å². The van der Waals surface area contributed by atoms with Crippen LogP contribution in [0.1, 0.15) is 187 Å². The summed E-state index contributed by atoms with van der Waals surface area (Å²) in [7, 11) is 0. The topological polar surface area (TPSA) is 69.6 Å². The van der Waals surface area contributed by atoms with Crippen LogP contribution in [0.25, 0.3) is 0 Å². The van der Waals surface area contributed by atoms with Crippen molar-refractivity contribution in [1.82, 2.24) is 5.32 Å². The number of hydrogen-bond acceptors (Lipinski definition) is 3. The van der Waals surface area contributed by atoms with Gasteiger partial charge in [-0.1, -0.05) is 168 Å². The summed E-state index contributed by atoms with van der Waals surface area (Å²) in [5.74, 6) is -0.0324. The standard InChI is InChI=1S/C33H67NO3/c1-3-5-7-9-11-13-15-16-17-19-20-22-24-26-28-32(36)31(30-35)34-33(37)29-27-25-23-21-18-14-12-10-8-6-4-2/h31-32,35-36H,3-30H2,1-2H3,(H,34,37). The average molecular weight is 526 g/mol. The minimum absolute atomic E-state index is 0.0324. The quantitative estimate of drug-likeness (QED) is 0.0818. The third-order valence-corrected chi connectivity index (χ3v) is 7.87. The van der Waals surface area contributed by atoms with Gasteiger partial charge in [0.25, 0.3) is 0 Å². The maximum absolute atomic E-state index is 12.2. The van der Waals surface area contributed by atoms with E-state index in [1.54, 1.807) is 0 Å². The number of carbonyl (C=O) groups is 1. The molecule has 3 N–H and O–H groups in total. The lowest BCUT2D eigenvalue weighted by Crippen LogP contribution is -2.45. The second-order valence-electron chi connectivity index (χ2n) is 11.6. The summed E-state index contributed by atoms with van der Waals surface area (Å²) >= 11 is 0. The molecule has 4 nitrogen and oxygen atoms in total. The van der Waals surface area contributed by atoms with Gasteiger partial charge in [-0.05, 0) is 12.8 Å². The SMILES string of the molecule is CCCCCCCCCCCCCCCCC(O)C(CO)NC(=O)CCCCCCCCCCCCC. The summed E-state index contributed by atoms with van der Waals surface area (Å²) < 4.78 is 0. The zero-order chi connectivity index (χ0) is 27.2. The van der Waals surface area contributed by atoms with Crippen molar-refractivity contribution >= 4 is 5.91 Å². The lowest BCUT2D eigenvalue weighted by Gasteiger charge is -2.22. The summed E-state index contributed by atoms with van der Waals surface area (Å²) in [5.41, 5.74) is 0. The average Bonchev–Trinajstić information content (AvgIpc) is 2.90. The Morgan fingerprint density at radius 2 is 0.865 bits per heavy atom. The Labute approximate surface area is 232 Å². The van der Waals surface area contributed by atoms with E-state index in [4.69, 9.17) is 0 Å². The molecule has 0 aliphatic rings. The highest BCUT2D eigenvalue weighted by molar-refractivity contribution is 5.76. The van der Waals surface area contributed by atoms with E-state index in [-0.39, 0.29) is 12.5 Å². The van der Waals surface area contributed by atoms with Gasteiger partial charge in [-0.25, -0.2) is 0 Å². The fourth-order valence-corrected chi connectivity index (χ4v) is 5.24. The van der Waals surface area contributed by atoms with E-state index < -0.39 is 12.1 Å². The molecule has 0 spiro atoms. The first-order valence-electron chi connectivity index (χ1n) is 16.7. The largest absolute Gasteiger partial charge is 0.394 e. The Bertz CT molecular complexity index is 457. The van der Waals surface area contributed by atoms with Crippen LogP contribution in [0.4, 0.5) is 0 Å². The first-order valence-corrected chi connectivity index (χ1v) is 16.7. The van der Waals surface area contributed by atoms with Crippen LogP contribution in [0, 0.1) is 0 Å². The third-order valence-electron chi connectivity index (χ3n) is 7.87. The van der Waals surface area contributed by atoms with Crippen molar-refractivity contribution in [3.8, 4) is 0 Å². The number of rotatable bonds is 30. The fourth-order valence-electron chi connectivity index (χ4n) is 5.24. The minimum Gasteiger partial charge on any atom is -0.394 e. The molecule has 222 valence electrons. The van der Waals surface area contributed by atoms with Crippen molar-refractivity contribution in [2.75, 3.05) is 6.61 Å². The highest BCUT2D eigenvalue weighted by Crippen LogP contribution is 2.15.